The molecule has 0 aliphatic rings. The summed E-state index contributed by atoms with van der Waals surface area (Å²) in [4.78, 5) is 33.3. The molecule has 2 amide bonds. The molecule has 0 unspecified atom stereocenters. The fourth-order valence-electron chi connectivity index (χ4n) is 5.11. The molecule has 0 aliphatic carbocycles. The molecule has 0 atom stereocenters. The van der Waals surface area contributed by atoms with Gasteiger partial charge in [0, 0.05) is 37.9 Å². The Balaban J connectivity index is 0.000000162. The second kappa shape index (κ2) is 14.8. The molecule has 52 heavy (non-hydrogen) atoms. The zero-order valence-electron chi connectivity index (χ0n) is 26.6. The third kappa shape index (κ3) is 7.36. The number of amides is 2. The summed E-state index contributed by atoms with van der Waals surface area (Å²) in [6, 6.07) is 24.9. The predicted molar refractivity (Wildman–Crippen MR) is 203 cm³/mol. The van der Waals surface area contributed by atoms with Crippen LogP contribution in [-0.2, 0) is 0 Å². The first-order chi connectivity index (χ1) is 25.2. The minimum Gasteiger partial charge on any atom is -0.364 e. The molecule has 0 fully saturated rings. The lowest BCUT2D eigenvalue weighted by molar-refractivity contribution is 0.0988. The first-order valence-electron chi connectivity index (χ1n) is 15.3. The van der Waals surface area contributed by atoms with Gasteiger partial charge in [0.15, 0.2) is 23.0 Å². The van der Waals surface area contributed by atoms with E-state index in [-0.39, 0.29) is 17.2 Å². The number of fused-ring (bicyclic) bond motifs is 2. The van der Waals surface area contributed by atoms with Crippen molar-refractivity contribution in [1.82, 2.24) is 30.4 Å². The summed E-state index contributed by atoms with van der Waals surface area (Å²) in [6.07, 6.45) is 6.68. The lowest BCUT2D eigenvalue weighted by atomic mass is 10.1. The Labute approximate surface area is 307 Å². The van der Waals surface area contributed by atoms with Gasteiger partial charge in [0.2, 0.25) is 0 Å². The Morgan fingerprint density at radius 2 is 1.13 bits per heavy atom. The van der Waals surface area contributed by atoms with Gasteiger partial charge in [-0.05, 0) is 71.8 Å². The van der Waals surface area contributed by atoms with Crippen molar-refractivity contribution in [2.24, 2.45) is 11.5 Å². The summed E-state index contributed by atoms with van der Waals surface area (Å²) in [5.41, 5.74) is 14.3. The first-order valence-corrected chi connectivity index (χ1v) is 17.3. The van der Waals surface area contributed by atoms with Crippen LogP contribution in [0.1, 0.15) is 21.0 Å². The Morgan fingerprint density at radius 3 is 1.58 bits per heavy atom. The number of thiophene rings is 2. The minimum atomic E-state index is -0.664. The van der Waals surface area contributed by atoms with Crippen LogP contribution in [0.3, 0.4) is 0 Å². The molecular formula is C36H24ClFN10O2S2. The molecule has 8 rings (SSSR count). The molecule has 8 aromatic rings. The van der Waals surface area contributed by atoms with Crippen molar-refractivity contribution < 1.29 is 14.0 Å². The van der Waals surface area contributed by atoms with Gasteiger partial charge in [-0.2, -0.15) is 0 Å². The standard InChI is InChI=1S/C18H12ClN5OS.C18H12FN5OS/c2*19-11-4-1-3-10(7-11)14-8-13-16(26-14)15(17(20)25)23-24-18(13)22-12-5-2-6-21-9-12/h2*1-9H,(H2,20,25)(H,22,24). The topological polar surface area (TPSA) is 188 Å². The van der Waals surface area contributed by atoms with E-state index in [4.69, 9.17) is 23.1 Å². The number of pyridine rings is 2. The lowest BCUT2D eigenvalue weighted by Crippen LogP contribution is -2.14. The van der Waals surface area contributed by atoms with Crippen molar-refractivity contribution in [2.45, 2.75) is 0 Å². The molecule has 16 heteroatoms. The highest BCUT2D eigenvalue weighted by molar-refractivity contribution is 7.23. The summed E-state index contributed by atoms with van der Waals surface area (Å²) in [7, 11) is 0. The van der Waals surface area contributed by atoms with Gasteiger partial charge in [0.25, 0.3) is 11.8 Å². The van der Waals surface area contributed by atoms with Crippen LogP contribution in [0, 0.1) is 5.82 Å². The van der Waals surface area contributed by atoms with E-state index < -0.39 is 11.8 Å². The molecular weight excluding hydrogens is 723 g/mol. The molecule has 0 aliphatic heterocycles. The van der Waals surface area contributed by atoms with Crippen LogP contribution in [0.25, 0.3) is 41.1 Å². The fraction of sp³-hybridized carbons (Fsp3) is 0. The van der Waals surface area contributed by atoms with Gasteiger partial charge in [0.1, 0.15) is 5.82 Å². The largest absolute Gasteiger partial charge is 0.364 e. The number of carbonyl (C=O) groups excluding carboxylic acids is 2. The smallest absolute Gasteiger partial charge is 0.270 e. The molecule has 0 spiro atoms. The highest BCUT2D eigenvalue weighted by Crippen LogP contribution is 2.40. The van der Waals surface area contributed by atoms with Crippen LogP contribution >= 0.6 is 34.3 Å². The fourth-order valence-corrected chi connectivity index (χ4v) is 7.59. The monoisotopic (exact) mass is 746 g/mol. The third-order valence-electron chi connectivity index (χ3n) is 7.44. The molecule has 0 bridgehead atoms. The van der Waals surface area contributed by atoms with E-state index >= 15 is 0 Å². The van der Waals surface area contributed by atoms with Gasteiger partial charge >= 0.3 is 0 Å². The Hall–Kier alpha value is -6.42. The zero-order chi connectivity index (χ0) is 36.2. The van der Waals surface area contributed by atoms with Crippen molar-refractivity contribution in [3.8, 4) is 20.9 Å². The molecule has 0 saturated carbocycles. The molecule has 6 N–H and O–H groups in total. The van der Waals surface area contributed by atoms with Crippen molar-refractivity contribution in [1.29, 1.82) is 0 Å². The second-order valence-electron chi connectivity index (χ2n) is 11.0. The van der Waals surface area contributed by atoms with Gasteiger partial charge in [0.05, 0.1) is 33.2 Å². The third-order valence-corrected chi connectivity index (χ3v) is 10.1. The molecule has 0 radical (unpaired) electrons. The summed E-state index contributed by atoms with van der Waals surface area (Å²) >= 11 is 8.83. The maximum Gasteiger partial charge on any atom is 0.270 e. The molecule has 6 aromatic heterocycles. The number of aromatic nitrogens is 6. The number of halogens is 2. The predicted octanol–water partition coefficient (Wildman–Crippen LogP) is 7.98. The molecule has 6 heterocycles. The van der Waals surface area contributed by atoms with Crippen LogP contribution < -0.4 is 22.1 Å². The van der Waals surface area contributed by atoms with E-state index in [1.807, 2.05) is 54.6 Å². The number of rotatable bonds is 8. The highest BCUT2D eigenvalue weighted by atomic mass is 35.5. The van der Waals surface area contributed by atoms with E-state index in [1.165, 1.54) is 34.8 Å². The lowest BCUT2D eigenvalue weighted by Gasteiger charge is -2.06. The number of nitrogens with one attached hydrogen (secondary N) is 2. The maximum absolute atomic E-state index is 13.6. The number of primary amides is 2. The SMILES string of the molecule is NC(=O)c1nnc(Nc2cccnc2)c2cc(-c3cccc(Cl)c3)sc12.NC(=O)c1nnc(Nc2cccnc2)c2cc(-c3cccc(F)c3)sc12. The molecule has 256 valence electrons. The number of nitrogens with two attached hydrogens (primary N) is 2. The molecule has 2 aromatic carbocycles. The average Bonchev–Trinajstić information content (AvgIpc) is 3.80. The van der Waals surface area contributed by atoms with Gasteiger partial charge in [-0.15, -0.1) is 43.1 Å². The van der Waals surface area contributed by atoms with E-state index in [9.17, 15) is 14.0 Å². The van der Waals surface area contributed by atoms with Crippen LogP contribution in [-0.4, -0.2) is 42.2 Å². The Morgan fingerprint density at radius 1 is 0.635 bits per heavy atom. The maximum atomic E-state index is 13.6. The molecule has 12 nitrogen and oxygen atoms in total. The summed E-state index contributed by atoms with van der Waals surface area (Å²) < 4.78 is 14.8. The summed E-state index contributed by atoms with van der Waals surface area (Å²) in [5, 5.41) is 24.6. The Kier molecular flexibility index (Phi) is 9.70. The number of hydrogen-bond donors (Lipinski definition) is 4. The summed E-state index contributed by atoms with van der Waals surface area (Å²) in [6.45, 7) is 0. The zero-order valence-corrected chi connectivity index (χ0v) is 29.0. The number of carbonyl (C=O) groups is 2. The van der Waals surface area contributed by atoms with Gasteiger partial charge < -0.3 is 22.1 Å². The number of nitrogens with zero attached hydrogens (tertiary/aromatic N) is 6. The van der Waals surface area contributed by atoms with Crippen molar-refractivity contribution in [3.63, 3.8) is 0 Å². The first kappa shape index (κ1) is 34.0. The van der Waals surface area contributed by atoms with Crippen molar-refractivity contribution in [2.75, 3.05) is 10.6 Å². The van der Waals surface area contributed by atoms with Crippen LogP contribution in [0.15, 0.2) is 110 Å². The van der Waals surface area contributed by atoms with E-state index in [1.54, 1.807) is 43.0 Å². The number of benzene rings is 2. The van der Waals surface area contributed by atoms with Crippen molar-refractivity contribution >= 4 is 89.3 Å². The second-order valence-corrected chi connectivity index (χ2v) is 13.5. The van der Waals surface area contributed by atoms with Crippen LogP contribution in [0.4, 0.5) is 27.4 Å². The van der Waals surface area contributed by atoms with Crippen molar-refractivity contribution in [3.05, 3.63) is 132 Å². The van der Waals surface area contributed by atoms with Crippen LogP contribution in [0.2, 0.25) is 5.02 Å². The highest BCUT2D eigenvalue weighted by Gasteiger charge is 2.19. The Bertz CT molecular complexity index is 2410. The number of hydrogen-bond acceptors (Lipinski definition) is 12. The number of anilines is 4. The van der Waals surface area contributed by atoms with E-state index in [0.717, 1.165) is 32.1 Å². The normalized spacial score (nSPS) is 10.8. The minimum absolute atomic E-state index is 0.0874. The van der Waals surface area contributed by atoms with Crippen LogP contribution in [0.5, 0.6) is 0 Å². The average molecular weight is 747 g/mol. The molecule has 0 saturated heterocycles. The quantitative estimate of drug-likeness (QED) is 0.119. The van der Waals surface area contributed by atoms with Gasteiger partial charge in [-0.3, -0.25) is 19.6 Å². The van der Waals surface area contributed by atoms with Gasteiger partial charge in [-0.25, -0.2) is 4.39 Å². The van der Waals surface area contributed by atoms with E-state index in [2.05, 4.69) is 41.0 Å². The van der Waals surface area contributed by atoms with E-state index in [0.29, 0.717) is 37.0 Å². The van der Waals surface area contributed by atoms with Gasteiger partial charge in [-0.1, -0.05) is 35.9 Å². The summed E-state index contributed by atoms with van der Waals surface area (Å²) in [5.74, 6) is -0.613.